The Morgan fingerprint density at radius 2 is 1.90 bits per heavy atom. The topological polar surface area (TPSA) is 103 Å². The summed E-state index contributed by atoms with van der Waals surface area (Å²) in [7, 11) is 0. The van der Waals surface area contributed by atoms with Gasteiger partial charge in [-0.1, -0.05) is 24.3 Å². The molecule has 0 saturated carbocycles. The predicted octanol–water partition coefficient (Wildman–Crippen LogP) is 3.58. The van der Waals surface area contributed by atoms with Crippen LogP contribution in [0.2, 0.25) is 0 Å². The molecule has 0 fully saturated rings. The average Bonchev–Trinajstić information content (AvgIpc) is 2.77. The molecule has 1 amide bonds. The van der Waals surface area contributed by atoms with Crippen LogP contribution in [0.3, 0.4) is 0 Å². The van der Waals surface area contributed by atoms with Crippen molar-refractivity contribution in [2.45, 2.75) is 6.92 Å². The van der Waals surface area contributed by atoms with Gasteiger partial charge < -0.3 is 11.1 Å². The number of hydrogen-bond donors (Lipinski definition) is 2. The first kappa shape index (κ1) is 20.0. The standard InChI is InChI=1S/C23H18FN5O2/c1-14-8-9-20(30)29(13-14)18-7-3-4-15(11-18)21-19(24)12-26-23(28-21)27-17-6-2-5-16(10-17)22(25)31/h2-13H,1H3,(H2,25,31)(H,26,27,28). The second-order valence-electron chi connectivity index (χ2n) is 6.93. The highest BCUT2D eigenvalue weighted by molar-refractivity contribution is 5.93. The lowest BCUT2D eigenvalue weighted by Crippen LogP contribution is -2.16. The van der Waals surface area contributed by atoms with Crippen LogP contribution in [0.4, 0.5) is 16.0 Å². The number of pyridine rings is 1. The smallest absolute Gasteiger partial charge is 0.255 e. The molecule has 0 aliphatic rings. The zero-order valence-corrected chi connectivity index (χ0v) is 16.5. The molecule has 8 heteroatoms. The summed E-state index contributed by atoms with van der Waals surface area (Å²) in [5.41, 5.74) is 8.04. The number of nitrogens with zero attached hydrogens (tertiary/aromatic N) is 3. The van der Waals surface area contributed by atoms with E-state index in [2.05, 4.69) is 15.3 Å². The molecule has 0 aliphatic carbocycles. The van der Waals surface area contributed by atoms with Crippen LogP contribution in [0.1, 0.15) is 15.9 Å². The summed E-state index contributed by atoms with van der Waals surface area (Å²) >= 11 is 0. The Morgan fingerprint density at radius 1 is 1.10 bits per heavy atom. The number of nitrogens with two attached hydrogens (primary N) is 1. The normalized spacial score (nSPS) is 10.6. The van der Waals surface area contributed by atoms with Gasteiger partial charge in [0.1, 0.15) is 5.69 Å². The van der Waals surface area contributed by atoms with Gasteiger partial charge in [-0.15, -0.1) is 0 Å². The van der Waals surface area contributed by atoms with Crippen molar-refractivity contribution in [3.05, 3.63) is 100 Å². The third-order valence-electron chi connectivity index (χ3n) is 4.60. The van der Waals surface area contributed by atoms with Crippen LogP contribution in [0.5, 0.6) is 0 Å². The molecular weight excluding hydrogens is 397 g/mol. The first-order valence-corrected chi connectivity index (χ1v) is 9.40. The monoisotopic (exact) mass is 415 g/mol. The number of rotatable bonds is 5. The maximum Gasteiger partial charge on any atom is 0.255 e. The number of benzene rings is 2. The number of primary amides is 1. The molecule has 7 nitrogen and oxygen atoms in total. The maximum atomic E-state index is 14.6. The van der Waals surface area contributed by atoms with Crippen molar-refractivity contribution in [2.75, 3.05) is 5.32 Å². The summed E-state index contributed by atoms with van der Waals surface area (Å²) in [5, 5.41) is 2.95. The van der Waals surface area contributed by atoms with Gasteiger partial charge in [0.15, 0.2) is 5.82 Å². The average molecular weight is 415 g/mol. The van der Waals surface area contributed by atoms with Crippen LogP contribution >= 0.6 is 0 Å². The number of nitrogens with one attached hydrogen (secondary N) is 1. The first-order chi connectivity index (χ1) is 14.9. The fourth-order valence-electron chi connectivity index (χ4n) is 3.11. The number of amides is 1. The van der Waals surface area contributed by atoms with Crippen LogP contribution in [-0.2, 0) is 0 Å². The minimum Gasteiger partial charge on any atom is -0.366 e. The zero-order valence-electron chi connectivity index (χ0n) is 16.5. The molecule has 0 spiro atoms. The summed E-state index contributed by atoms with van der Waals surface area (Å²) < 4.78 is 16.1. The van der Waals surface area contributed by atoms with Gasteiger partial charge in [0, 0.05) is 34.8 Å². The third kappa shape index (κ3) is 4.32. The molecule has 0 radical (unpaired) electrons. The van der Waals surface area contributed by atoms with Crippen molar-refractivity contribution in [3.63, 3.8) is 0 Å². The Bertz CT molecular complexity index is 1350. The van der Waals surface area contributed by atoms with Gasteiger partial charge >= 0.3 is 0 Å². The van der Waals surface area contributed by atoms with Gasteiger partial charge in [0.25, 0.3) is 5.56 Å². The van der Waals surface area contributed by atoms with E-state index < -0.39 is 11.7 Å². The highest BCUT2D eigenvalue weighted by Crippen LogP contribution is 2.24. The van der Waals surface area contributed by atoms with Gasteiger partial charge in [0.05, 0.1) is 6.20 Å². The quantitative estimate of drug-likeness (QED) is 0.519. The lowest BCUT2D eigenvalue weighted by atomic mass is 10.1. The van der Waals surface area contributed by atoms with Gasteiger partial charge in [0.2, 0.25) is 11.9 Å². The predicted molar refractivity (Wildman–Crippen MR) is 116 cm³/mol. The molecule has 0 aliphatic heterocycles. The van der Waals surface area contributed by atoms with Gasteiger partial charge in [-0.05, 0) is 42.8 Å². The summed E-state index contributed by atoms with van der Waals surface area (Å²) in [5.74, 6) is -1.02. The van der Waals surface area contributed by atoms with E-state index in [-0.39, 0.29) is 17.2 Å². The highest BCUT2D eigenvalue weighted by atomic mass is 19.1. The molecular formula is C23H18FN5O2. The molecule has 0 bridgehead atoms. The Morgan fingerprint density at radius 3 is 2.71 bits per heavy atom. The van der Waals surface area contributed by atoms with Crippen LogP contribution in [0, 0.1) is 12.7 Å². The molecule has 2 aromatic heterocycles. The number of hydrogen-bond acceptors (Lipinski definition) is 5. The van der Waals surface area contributed by atoms with Crippen molar-refractivity contribution in [1.82, 2.24) is 14.5 Å². The molecule has 0 unspecified atom stereocenters. The van der Waals surface area contributed by atoms with Crippen molar-refractivity contribution in [1.29, 1.82) is 0 Å². The molecule has 2 heterocycles. The van der Waals surface area contributed by atoms with Gasteiger partial charge in [-0.3, -0.25) is 14.2 Å². The number of carbonyl (C=O) groups excluding carboxylic acids is 1. The van der Waals surface area contributed by atoms with Crippen molar-refractivity contribution in [2.24, 2.45) is 5.73 Å². The second-order valence-corrected chi connectivity index (χ2v) is 6.93. The fraction of sp³-hybridized carbons (Fsp3) is 0.0435. The second kappa shape index (κ2) is 8.19. The number of anilines is 2. The Hall–Kier alpha value is -4.33. The first-order valence-electron chi connectivity index (χ1n) is 9.40. The fourth-order valence-corrected chi connectivity index (χ4v) is 3.11. The van der Waals surface area contributed by atoms with E-state index in [1.165, 1.54) is 10.6 Å². The van der Waals surface area contributed by atoms with E-state index in [1.54, 1.807) is 60.8 Å². The van der Waals surface area contributed by atoms with E-state index in [4.69, 9.17) is 5.73 Å². The minimum atomic E-state index is -0.606. The van der Waals surface area contributed by atoms with E-state index in [0.717, 1.165) is 11.8 Å². The summed E-state index contributed by atoms with van der Waals surface area (Å²) in [6.45, 7) is 1.88. The van der Waals surface area contributed by atoms with Gasteiger partial charge in [-0.2, -0.15) is 0 Å². The molecule has 3 N–H and O–H groups in total. The Kier molecular flexibility index (Phi) is 5.28. The third-order valence-corrected chi connectivity index (χ3v) is 4.60. The van der Waals surface area contributed by atoms with E-state index in [9.17, 15) is 14.0 Å². The van der Waals surface area contributed by atoms with E-state index in [1.807, 2.05) is 6.92 Å². The van der Waals surface area contributed by atoms with Crippen LogP contribution in [-0.4, -0.2) is 20.4 Å². The van der Waals surface area contributed by atoms with Crippen molar-refractivity contribution < 1.29 is 9.18 Å². The molecule has 0 atom stereocenters. The zero-order chi connectivity index (χ0) is 22.0. The lowest BCUT2D eigenvalue weighted by molar-refractivity contribution is 0.100. The van der Waals surface area contributed by atoms with Crippen molar-refractivity contribution in [3.8, 4) is 16.9 Å². The van der Waals surface area contributed by atoms with Crippen LogP contribution < -0.4 is 16.6 Å². The molecule has 31 heavy (non-hydrogen) atoms. The van der Waals surface area contributed by atoms with Crippen molar-refractivity contribution >= 4 is 17.5 Å². The SMILES string of the molecule is Cc1ccc(=O)n(-c2cccc(-c3nc(Nc4cccc(C(N)=O)c4)ncc3F)c2)c1. The molecule has 4 aromatic rings. The molecule has 154 valence electrons. The summed E-state index contributed by atoms with van der Waals surface area (Å²) in [6.07, 6.45) is 2.78. The number of carbonyl (C=O) groups is 1. The molecule has 0 saturated heterocycles. The van der Waals surface area contributed by atoms with Crippen LogP contribution in [0.15, 0.2) is 77.9 Å². The Labute approximate surface area is 177 Å². The highest BCUT2D eigenvalue weighted by Gasteiger charge is 2.12. The lowest BCUT2D eigenvalue weighted by Gasteiger charge is -2.11. The summed E-state index contributed by atoms with van der Waals surface area (Å²) in [4.78, 5) is 31.9. The number of aromatic nitrogens is 3. The van der Waals surface area contributed by atoms with E-state index >= 15 is 0 Å². The number of aryl methyl sites for hydroxylation is 1. The van der Waals surface area contributed by atoms with Crippen LogP contribution in [0.25, 0.3) is 16.9 Å². The van der Waals surface area contributed by atoms with E-state index in [0.29, 0.717) is 22.5 Å². The largest absolute Gasteiger partial charge is 0.366 e. The molecule has 2 aromatic carbocycles. The maximum absolute atomic E-state index is 14.6. The van der Waals surface area contributed by atoms with Gasteiger partial charge in [-0.25, -0.2) is 14.4 Å². The number of halogens is 1. The molecule has 4 rings (SSSR count). The Balaban J connectivity index is 1.71. The minimum absolute atomic E-state index is 0.0751. The summed E-state index contributed by atoms with van der Waals surface area (Å²) in [6, 6.07) is 16.6.